The molecular formula is C14H30N2O. The normalized spacial score (nSPS) is 25.9. The largest absolute Gasteiger partial charge is 0.378 e. The average molecular weight is 242 g/mol. The van der Waals surface area contributed by atoms with Crippen molar-refractivity contribution in [3.8, 4) is 0 Å². The second-order valence-corrected chi connectivity index (χ2v) is 5.72. The highest BCUT2D eigenvalue weighted by molar-refractivity contribution is 4.86. The van der Waals surface area contributed by atoms with E-state index < -0.39 is 0 Å². The Hall–Kier alpha value is -0.120. The number of ether oxygens (including phenoxy) is 1. The fraction of sp³-hybridized carbons (Fsp3) is 1.00. The molecule has 0 aromatic rings. The molecular weight excluding hydrogens is 212 g/mol. The topological polar surface area (TPSA) is 47.3 Å². The molecule has 0 spiro atoms. The Morgan fingerprint density at radius 2 is 2.06 bits per heavy atom. The molecule has 3 heteroatoms. The molecule has 1 aliphatic carbocycles. The minimum Gasteiger partial charge on any atom is -0.378 e. The molecule has 17 heavy (non-hydrogen) atoms. The lowest BCUT2D eigenvalue weighted by molar-refractivity contribution is -0.00996. The molecule has 0 saturated heterocycles. The van der Waals surface area contributed by atoms with E-state index in [9.17, 15) is 0 Å². The quantitative estimate of drug-likeness (QED) is 0.651. The van der Waals surface area contributed by atoms with Gasteiger partial charge in [-0.15, -0.1) is 0 Å². The standard InChI is InChI=1S/C14H30N2O/c1-4-17-14-8-13(9-14)16-6-5-12(10-15)7-11(2)3/h11-14,16H,4-10,15H2,1-3H3. The van der Waals surface area contributed by atoms with Crippen molar-refractivity contribution in [3.05, 3.63) is 0 Å². The van der Waals surface area contributed by atoms with Crippen LogP contribution in [-0.4, -0.2) is 31.8 Å². The van der Waals surface area contributed by atoms with Crippen LogP contribution < -0.4 is 11.1 Å². The zero-order chi connectivity index (χ0) is 12.7. The summed E-state index contributed by atoms with van der Waals surface area (Å²) in [5.74, 6) is 1.44. The molecule has 1 fully saturated rings. The third kappa shape index (κ3) is 5.84. The Morgan fingerprint density at radius 3 is 2.59 bits per heavy atom. The lowest BCUT2D eigenvalue weighted by atomic mass is 9.88. The SMILES string of the molecule is CCOC1CC(NCCC(CN)CC(C)C)C1. The van der Waals surface area contributed by atoms with Gasteiger partial charge in [0, 0.05) is 12.6 Å². The molecule has 102 valence electrons. The first kappa shape index (κ1) is 14.9. The summed E-state index contributed by atoms with van der Waals surface area (Å²) in [6, 6.07) is 0.684. The number of rotatable bonds is 9. The number of hydrogen-bond acceptors (Lipinski definition) is 3. The summed E-state index contributed by atoms with van der Waals surface area (Å²) in [5, 5.41) is 3.61. The van der Waals surface area contributed by atoms with Crippen molar-refractivity contribution in [1.29, 1.82) is 0 Å². The minimum atomic E-state index is 0.512. The van der Waals surface area contributed by atoms with Crippen molar-refractivity contribution in [3.63, 3.8) is 0 Å². The third-order valence-corrected chi connectivity index (χ3v) is 3.62. The summed E-state index contributed by atoms with van der Waals surface area (Å²) < 4.78 is 5.55. The van der Waals surface area contributed by atoms with E-state index in [0.717, 1.165) is 25.6 Å². The van der Waals surface area contributed by atoms with Crippen molar-refractivity contribution < 1.29 is 4.74 Å². The number of nitrogens with one attached hydrogen (secondary N) is 1. The summed E-state index contributed by atoms with van der Waals surface area (Å²) in [4.78, 5) is 0. The molecule has 0 heterocycles. The van der Waals surface area contributed by atoms with Gasteiger partial charge in [-0.3, -0.25) is 0 Å². The van der Waals surface area contributed by atoms with Crippen molar-refractivity contribution in [2.45, 2.75) is 58.6 Å². The molecule has 0 radical (unpaired) electrons. The highest BCUT2D eigenvalue weighted by Gasteiger charge is 2.28. The van der Waals surface area contributed by atoms with Crippen LogP contribution >= 0.6 is 0 Å². The third-order valence-electron chi connectivity index (χ3n) is 3.62. The minimum absolute atomic E-state index is 0.512. The number of hydrogen-bond donors (Lipinski definition) is 2. The molecule has 1 aliphatic rings. The summed E-state index contributed by atoms with van der Waals surface area (Å²) >= 11 is 0. The predicted molar refractivity (Wildman–Crippen MR) is 73.1 cm³/mol. The Balaban J connectivity index is 2.00. The monoisotopic (exact) mass is 242 g/mol. The molecule has 0 aromatic heterocycles. The van der Waals surface area contributed by atoms with E-state index in [1.165, 1.54) is 25.7 Å². The molecule has 3 nitrogen and oxygen atoms in total. The van der Waals surface area contributed by atoms with Crippen LogP contribution in [0.5, 0.6) is 0 Å². The molecule has 1 rings (SSSR count). The van der Waals surface area contributed by atoms with Gasteiger partial charge in [0.1, 0.15) is 0 Å². The lowest BCUT2D eigenvalue weighted by Crippen LogP contribution is -2.46. The van der Waals surface area contributed by atoms with Crippen LogP contribution in [0.15, 0.2) is 0 Å². The molecule has 1 unspecified atom stereocenters. The maximum Gasteiger partial charge on any atom is 0.0604 e. The van der Waals surface area contributed by atoms with Gasteiger partial charge < -0.3 is 15.8 Å². The van der Waals surface area contributed by atoms with E-state index in [1.807, 2.05) is 0 Å². The second-order valence-electron chi connectivity index (χ2n) is 5.72. The zero-order valence-electron chi connectivity index (χ0n) is 11.7. The maximum absolute atomic E-state index is 5.80. The van der Waals surface area contributed by atoms with Crippen LogP contribution in [0.2, 0.25) is 0 Å². The van der Waals surface area contributed by atoms with Crippen LogP contribution in [0.3, 0.4) is 0 Å². The van der Waals surface area contributed by atoms with Gasteiger partial charge in [-0.1, -0.05) is 13.8 Å². The number of nitrogens with two attached hydrogens (primary N) is 1. The maximum atomic E-state index is 5.80. The Bertz CT molecular complexity index is 191. The Kier molecular flexibility index (Phi) is 7.09. The van der Waals surface area contributed by atoms with Gasteiger partial charge in [-0.05, 0) is 57.5 Å². The van der Waals surface area contributed by atoms with Gasteiger partial charge in [0.25, 0.3) is 0 Å². The van der Waals surface area contributed by atoms with Crippen molar-refractivity contribution in [2.75, 3.05) is 19.7 Å². The van der Waals surface area contributed by atoms with Gasteiger partial charge in [0.2, 0.25) is 0 Å². The molecule has 0 aromatic carbocycles. The predicted octanol–water partition coefficient (Wildman–Crippen LogP) is 2.15. The van der Waals surface area contributed by atoms with Crippen LogP contribution in [0.25, 0.3) is 0 Å². The summed E-state index contributed by atoms with van der Waals surface area (Å²) in [6.45, 7) is 9.40. The van der Waals surface area contributed by atoms with Crippen molar-refractivity contribution in [1.82, 2.24) is 5.32 Å². The van der Waals surface area contributed by atoms with E-state index in [-0.39, 0.29) is 0 Å². The molecule has 3 N–H and O–H groups in total. The van der Waals surface area contributed by atoms with E-state index in [2.05, 4.69) is 26.1 Å². The van der Waals surface area contributed by atoms with Gasteiger partial charge in [-0.2, -0.15) is 0 Å². The molecule has 1 atom stereocenters. The smallest absolute Gasteiger partial charge is 0.0604 e. The van der Waals surface area contributed by atoms with Crippen LogP contribution in [-0.2, 0) is 4.74 Å². The van der Waals surface area contributed by atoms with Crippen molar-refractivity contribution in [2.24, 2.45) is 17.6 Å². The van der Waals surface area contributed by atoms with E-state index in [1.54, 1.807) is 0 Å². The molecule has 1 saturated carbocycles. The fourth-order valence-electron chi connectivity index (χ4n) is 2.59. The van der Waals surface area contributed by atoms with Gasteiger partial charge in [0.05, 0.1) is 6.10 Å². The highest BCUT2D eigenvalue weighted by Crippen LogP contribution is 2.23. The first-order valence-electron chi connectivity index (χ1n) is 7.20. The summed E-state index contributed by atoms with van der Waals surface area (Å²) in [7, 11) is 0. The summed E-state index contributed by atoms with van der Waals surface area (Å²) in [5.41, 5.74) is 5.80. The molecule has 0 bridgehead atoms. The van der Waals surface area contributed by atoms with Crippen LogP contribution in [0, 0.1) is 11.8 Å². The first-order chi connectivity index (χ1) is 8.15. The second kappa shape index (κ2) is 8.06. The molecule has 0 amide bonds. The lowest BCUT2D eigenvalue weighted by Gasteiger charge is -2.36. The first-order valence-corrected chi connectivity index (χ1v) is 7.20. The summed E-state index contributed by atoms with van der Waals surface area (Å²) in [6.07, 6.45) is 5.35. The Labute approximate surface area is 106 Å². The van der Waals surface area contributed by atoms with Crippen molar-refractivity contribution >= 4 is 0 Å². The van der Waals surface area contributed by atoms with Crippen LogP contribution in [0.4, 0.5) is 0 Å². The van der Waals surface area contributed by atoms with E-state index in [4.69, 9.17) is 10.5 Å². The Morgan fingerprint density at radius 1 is 1.35 bits per heavy atom. The van der Waals surface area contributed by atoms with Crippen LogP contribution in [0.1, 0.15) is 46.5 Å². The van der Waals surface area contributed by atoms with E-state index >= 15 is 0 Å². The van der Waals surface area contributed by atoms with Gasteiger partial charge >= 0.3 is 0 Å². The fourth-order valence-corrected chi connectivity index (χ4v) is 2.59. The van der Waals surface area contributed by atoms with E-state index in [0.29, 0.717) is 18.1 Å². The van der Waals surface area contributed by atoms with Gasteiger partial charge in [0.15, 0.2) is 0 Å². The van der Waals surface area contributed by atoms with Gasteiger partial charge in [-0.25, -0.2) is 0 Å². The zero-order valence-corrected chi connectivity index (χ0v) is 11.7. The average Bonchev–Trinajstić information content (AvgIpc) is 2.23. The molecule has 0 aliphatic heterocycles. The highest BCUT2D eigenvalue weighted by atomic mass is 16.5.